The van der Waals surface area contributed by atoms with Crippen molar-refractivity contribution >= 4 is 35.4 Å². The van der Waals surface area contributed by atoms with Crippen molar-refractivity contribution in [1.29, 1.82) is 0 Å². The SMILES string of the molecule is CC(=O)OC1CC(CCNC(=O)CN2CCN(C(=O)OC(C)(C)C)CC2)N(c2ccc(-c3ccnc(Nc4cccc(CO)c4)n3)cn2)C1. The van der Waals surface area contributed by atoms with Gasteiger partial charge in [0.25, 0.3) is 0 Å². The number of carbonyl (C=O) groups is 3. The van der Waals surface area contributed by atoms with E-state index in [1.54, 1.807) is 17.3 Å². The molecule has 0 saturated carbocycles. The Hall–Kier alpha value is -4.82. The van der Waals surface area contributed by atoms with E-state index < -0.39 is 5.60 Å². The Morgan fingerprint density at radius 2 is 1.84 bits per heavy atom. The van der Waals surface area contributed by atoms with Gasteiger partial charge in [-0.3, -0.25) is 14.5 Å². The number of hydrogen-bond donors (Lipinski definition) is 3. The third kappa shape index (κ3) is 10.3. The lowest BCUT2D eigenvalue weighted by atomic mass is 10.1. The van der Waals surface area contributed by atoms with E-state index in [0.717, 1.165) is 22.6 Å². The first-order chi connectivity index (χ1) is 23.5. The first-order valence-electron chi connectivity index (χ1n) is 16.6. The number of ether oxygens (including phenoxy) is 2. The Morgan fingerprint density at radius 3 is 2.53 bits per heavy atom. The first-order valence-corrected chi connectivity index (χ1v) is 16.6. The average molecular weight is 675 g/mol. The van der Waals surface area contributed by atoms with E-state index >= 15 is 0 Å². The average Bonchev–Trinajstić information content (AvgIpc) is 3.46. The van der Waals surface area contributed by atoms with Gasteiger partial charge in [-0.1, -0.05) is 12.1 Å². The van der Waals surface area contributed by atoms with Crippen molar-refractivity contribution in [3.63, 3.8) is 0 Å². The molecule has 0 spiro atoms. The molecule has 2 unspecified atom stereocenters. The van der Waals surface area contributed by atoms with Crippen molar-refractivity contribution in [2.24, 2.45) is 0 Å². The van der Waals surface area contributed by atoms with Crippen LogP contribution in [0.3, 0.4) is 0 Å². The maximum Gasteiger partial charge on any atom is 0.410 e. The molecule has 3 aromatic rings. The summed E-state index contributed by atoms with van der Waals surface area (Å²) in [6.07, 6.45) is 4.11. The summed E-state index contributed by atoms with van der Waals surface area (Å²) in [7, 11) is 0. The zero-order valence-corrected chi connectivity index (χ0v) is 28.6. The fourth-order valence-corrected chi connectivity index (χ4v) is 5.96. The van der Waals surface area contributed by atoms with Gasteiger partial charge in [0.1, 0.15) is 17.5 Å². The Kier molecular flexibility index (Phi) is 11.6. The summed E-state index contributed by atoms with van der Waals surface area (Å²) in [5, 5.41) is 15.6. The van der Waals surface area contributed by atoms with Crippen LogP contribution in [-0.4, -0.2) is 111 Å². The summed E-state index contributed by atoms with van der Waals surface area (Å²) in [4.78, 5) is 56.5. The molecule has 2 aliphatic rings. The Morgan fingerprint density at radius 1 is 1.04 bits per heavy atom. The second kappa shape index (κ2) is 16.1. The van der Waals surface area contributed by atoms with Crippen molar-refractivity contribution in [3.8, 4) is 11.3 Å². The molecule has 5 rings (SSSR count). The van der Waals surface area contributed by atoms with E-state index in [1.165, 1.54) is 6.92 Å². The number of aromatic nitrogens is 3. The third-order valence-electron chi connectivity index (χ3n) is 8.26. The number of nitrogens with zero attached hydrogens (tertiary/aromatic N) is 6. The van der Waals surface area contributed by atoms with E-state index in [0.29, 0.717) is 63.8 Å². The predicted molar refractivity (Wildman–Crippen MR) is 184 cm³/mol. The van der Waals surface area contributed by atoms with E-state index in [-0.39, 0.29) is 43.3 Å². The molecule has 2 amide bonds. The fourth-order valence-electron chi connectivity index (χ4n) is 5.96. The number of hydrogen-bond acceptors (Lipinski definition) is 12. The summed E-state index contributed by atoms with van der Waals surface area (Å²) in [6, 6.07) is 13.1. The quantitative estimate of drug-likeness (QED) is 0.255. The van der Waals surface area contributed by atoms with Crippen LogP contribution >= 0.6 is 0 Å². The number of rotatable bonds is 11. The molecule has 2 atom stereocenters. The number of piperazine rings is 1. The molecule has 2 aromatic heterocycles. The van der Waals surface area contributed by atoms with Crippen molar-refractivity contribution in [1.82, 2.24) is 30.1 Å². The Balaban J connectivity index is 1.15. The maximum atomic E-state index is 12.8. The molecule has 1 aromatic carbocycles. The number of aliphatic hydroxyl groups excluding tert-OH is 1. The molecular weight excluding hydrogens is 628 g/mol. The number of carbonyl (C=O) groups excluding carboxylic acids is 3. The van der Waals surface area contributed by atoms with Crippen LogP contribution in [0, 0.1) is 0 Å². The van der Waals surface area contributed by atoms with E-state index in [1.807, 2.05) is 68.1 Å². The molecule has 2 fully saturated rings. The number of anilines is 3. The molecule has 14 nitrogen and oxygen atoms in total. The van der Waals surface area contributed by atoms with Gasteiger partial charge < -0.3 is 35.0 Å². The third-order valence-corrected chi connectivity index (χ3v) is 8.26. The summed E-state index contributed by atoms with van der Waals surface area (Å²) >= 11 is 0. The van der Waals surface area contributed by atoms with Gasteiger partial charge in [-0.15, -0.1) is 0 Å². The lowest BCUT2D eigenvalue weighted by Crippen LogP contribution is -2.52. The van der Waals surface area contributed by atoms with Gasteiger partial charge in [-0.25, -0.2) is 19.7 Å². The van der Waals surface area contributed by atoms with Crippen LogP contribution in [0.1, 0.15) is 46.1 Å². The lowest BCUT2D eigenvalue weighted by Gasteiger charge is -2.35. The van der Waals surface area contributed by atoms with Crippen molar-refractivity contribution in [3.05, 3.63) is 60.4 Å². The van der Waals surface area contributed by atoms with Crippen LogP contribution in [0.25, 0.3) is 11.3 Å². The largest absolute Gasteiger partial charge is 0.461 e. The maximum absolute atomic E-state index is 12.8. The molecule has 2 saturated heterocycles. The van der Waals surface area contributed by atoms with Crippen LogP contribution in [-0.2, 0) is 25.7 Å². The topological polar surface area (TPSA) is 162 Å². The number of esters is 1. The Bertz CT molecular complexity index is 1590. The molecule has 262 valence electrons. The van der Waals surface area contributed by atoms with Crippen molar-refractivity contribution in [2.45, 2.75) is 64.9 Å². The van der Waals surface area contributed by atoms with Crippen molar-refractivity contribution in [2.75, 3.05) is 56.0 Å². The van der Waals surface area contributed by atoms with Gasteiger partial charge in [-0.2, -0.15) is 0 Å². The monoisotopic (exact) mass is 674 g/mol. The van der Waals surface area contributed by atoms with Crippen molar-refractivity contribution < 1.29 is 29.0 Å². The van der Waals surface area contributed by atoms with Crippen LogP contribution < -0.4 is 15.5 Å². The van der Waals surface area contributed by atoms with Gasteiger partial charge in [0, 0.05) is 75.8 Å². The second-order valence-corrected chi connectivity index (χ2v) is 13.3. The molecule has 4 heterocycles. The molecular formula is C35H46N8O6. The molecule has 49 heavy (non-hydrogen) atoms. The standard InChI is InChI=1S/C35H46N8O6/c1-24(45)48-29-19-28(10-12-36-32(46)22-41-14-16-42(17-15-41)34(47)49-35(2,3)4)43(21-29)31-9-8-26(20-38-31)30-11-13-37-33(40-30)39-27-7-5-6-25(18-27)23-44/h5-9,11,13,18,20,28-29,44H,10,12,14-17,19,21-23H2,1-4H3,(H,36,46)(H,37,39,40). The minimum absolute atomic E-state index is 0.00455. The lowest BCUT2D eigenvalue weighted by molar-refractivity contribution is -0.145. The predicted octanol–water partition coefficient (Wildman–Crippen LogP) is 3.34. The number of aliphatic hydroxyl groups is 1. The highest BCUT2D eigenvalue weighted by atomic mass is 16.6. The molecule has 3 N–H and O–H groups in total. The number of nitrogens with one attached hydrogen (secondary N) is 2. The number of benzene rings is 1. The summed E-state index contributed by atoms with van der Waals surface area (Å²) in [6.45, 7) is 10.3. The zero-order valence-electron chi connectivity index (χ0n) is 28.6. The van der Waals surface area contributed by atoms with E-state index in [9.17, 15) is 19.5 Å². The van der Waals surface area contributed by atoms with E-state index in [4.69, 9.17) is 14.5 Å². The molecule has 14 heteroatoms. The molecule has 0 bridgehead atoms. The summed E-state index contributed by atoms with van der Waals surface area (Å²) < 4.78 is 11.0. The molecule has 2 aliphatic heterocycles. The highest BCUT2D eigenvalue weighted by Gasteiger charge is 2.35. The van der Waals surface area contributed by atoms with Crippen LogP contribution in [0.15, 0.2) is 54.9 Å². The second-order valence-electron chi connectivity index (χ2n) is 13.3. The Labute approximate surface area is 286 Å². The van der Waals surface area contributed by atoms with Crippen LogP contribution in [0.5, 0.6) is 0 Å². The van der Waals surface area contributed by atoms with Crippen LogP contribution in [0.4, 0.5) is 22.2 Å². The minimum atomic E-state index is -0.545. The smallest absolute Gasteiger partial charge is 0.410 e. The summed E-state index contributed by atoms with van der Waals surface area (Å²) in [5.41, 5.74) is 2.52. The highest BCUT2D eigenvalue weighted by Crippen LogP contribution is 2.29. The molecule has 0 radical (unpaired) electrons. The normalized spacial score (nSPS) is 18.2. The number of pyridine rings is 1. The van der Waals surface area contributed by atoms with Gasteiger partial charge in [0.05, 0.1) is 25.4 Å². The summed E-state index contributed by atoms with van der Waals surface area (Å²) in [5.74, 6) is 0.760. The minimum Gasteiger partial charge on any atom is -0.461 e. The van der Waals surface area contributed by atoms with Gasteiger partial charge in [0.2, 0.25) is 11.9 Å². The molecule has 0 aliphatic carbocycles. The highest BCUT2D eigenvalue weighted by molar-refractivity contribution is 5.78. The van der Waals surface area contributed by atoms with E-state index in [2.05, 4.69) is 25.5 Å². The fraction of sp³-hybridized carbons (Fsp3) is 0.486. The zero-order chi connectivity index (χ0) is 35.0. The first kappa shape index (κ1) is 35.5. The van der Waals surface area contributed by atoms with Gasteiger partial charge in [-0.05, 0) is 63.1 Å². The van der Waals surface area contributed by atoms with Crippen LogP contribution in [0.2, 0.25) is 0 Å². The van der Waals surface area contributed by atoms with Gasteiger partial charge in [0.15, 0.2) is 0 Å². The van der Waals surface area contributed by atoms with Gasteiger partial charge >= 0.3 is 12.1 Å². The number of amides is 2.